The van der Waals surface area contributed by atoms with Crippen molar-refractivity contribution in [1.29, 1.82) is 0 Å². The number of fused-ring (bicyclic) bond motifs is 14. The third-order valence-electron chi connectivity index (χ3n) is 13.5. The summed E-state index contributed by atoms with van der Waals surface area (Å²) in [4.78, 5) is 10.6. The molecule has 3 heteroatoms. The first-order valence-electron chi connectivity index (χ1n) is 21.5. The number of aromatic nitrogens is 3. The lowest BCUT2D eigenvalue weighted by molar-refractivity contribution is 0.667. The van der Waals surface area contributed by atoms with Gasteiger partial charge in [-0.05, 0) is 84.9 Å². The van der Waals surface area contributed by atoms with Crippen LogP contribution in [0, 0.1) is 0 Å². The van der Waals surface area contributed by atoms with E-state index in [0.717, 1.165) is 33.8 Å². The van der Waals surface area contributed by atoms with Crippen molar-refractivity contribution in [2.24, 2.45) is 0 Å². The Balaban J connectivity index is 1.16. The fourth-order valence-electron chi connectivity index (χ4n) is 10.8. The van der Waals surface area contributed by atoms with Gasteiger partial charge in [-0.15, -0.1) is 0 Å². The molecule has 290 valence electrons. The summed E-state index contributed by atoms with van der Waals surface area (Å²) in [5.41, 5.74) is 13.7. The van der Waals surface area contributed by atoms with E-state index in [2.05, 4.69) is 213 Å². The summed E-state index contributed by atoms with van der Waals surface area (Å²) in [6.45, 7) is 4.81. The van der Waals surface area contributed by atoms with Gasteiger partial charge in [0, 0.05) is 43.7 Å². The minimum absolute atomic E-state index is 0.199. The van der Waals surface area contributed by atoms with Gasteiger partial charge in [0.25, 0.3) is 0 Å². The van der Waals surface area contributed by atoms with Crippen molar-refractivity contribution in [2.75, 3.05) is 0 Å². The summed E-state index contributed by atoms with van der Waals surface area (Å²) < 4.78 is 2.54. The number of hydrogen-bond donors (Lipinski definition) is 0. The van der Waals surface area contributed by atoms with Crippen molar-refractivity contribution in [3.63, 3.8) is 0 Å². The van der Waals surface area contributed by atoms with Crippen LogP contribution in [-0.2, 0) is 5.41 Å². The third-order valence-corrected chi connectivity index (χ3v) is 13.5. The van der Waals surface area contributed by atoms with Gasteiger partial charge in [0.05, 0.1) is 28.1 Å². The van der Waals surface area contributed by atoms with Crippen molar-refractivity contribution in [1.82, 2.24) is 14.5 Å². The molecule has 0 radical (unpaired) electrons. The Bertz CT molecular complexity index is 3760. The molecule has 0 amide bonds. The van der Waals surface area contributed by atoms with Crippen molar-refractivity contribution in [3.05, 3.63) is 211 Å². The molecular weight excluding hydrogens is 751 g/mol. The van der Waals surface area contributed by atoms with Crippen LogP contribution in [0.2, 0.25) is 0 Å². The lowest BCUT2D eigenvalue weighted by Gasteiger charge is -2.24. The standard InChI is InChI=1S/C59H39N3/c1-59(2)49-34-54-48(33-47(49)45-30-29-36-17-9-10-22-39(36)57(45)59)42-25-15-16-28-52(42)62(54)53-32-31-46(55-43-26-13-11-23-40(43)41-24-12-14-27-44(41)56(53)55)51-35-50(37-18-5-3-6-19-37)60-58(61-51)38-20-7-4-8-21-38/h3-35H,1-2H3. The molecular formula is C59H39N3. The monoisotopic (exact) mass is 789 g/mol. The van der Waals surface area contributed by atoms with Gasteiger partial charge in [-0.3, -0.25) is 0 Å². The number of nitrogens with zero attached hydrogens (tertiary/aromatic N) is 3. The molecule has 3 nitrogen and oxygen atoms in total. The molecule has 0 atom stereocenters. The smallest absolute Gasteiger partial charge is 0.160 e. The van der Waals surface area contributed by atoms with E-state index in [1.54, 1.807) is 0 Å². The molecule has 2 heterocycles. The first-order chi connectivity index (χ1) is 30.5. The molecule has 12 aromatic rings. The predicted octanol–water partition coefficient (Wildman–Crippen LogP) is 15.5. The van der Waals surface area contributed by atoms with E-state index < -0.39 is 0 Å². The van der Waals surface area contributed by atoms with Gasteiger partial charge in [-0.2, -0.15) is 0 Å². The lowest BCUT2D eigenvalue weighted by Crippen LogP contribution is -2.15. The summed E-state index contributed by atoms with van der Waals surface area (Å²) in [5, 5.41) is 12.4. The Morgan fingerprint density at radius 2 is 0.968 bits per heavy atom. The van der Waals surface area contributed by atoms with Crippen molar-refractivity contribution in [3.8, 4) is 50.7 Å². The Morgan fingerprint density at radius 1 is 0.387 bits per heavy atom. The molecule has 0 saturated carbocycles. The van der Waals surface area contributed by atoms with Gasteiger partial charge >= 0.3 is 0 Å². The van der Waals surface area contributed by atoms with E-state index in [1.165, 1.54) is 87.1 Å². The van der Waals surface area contributed by atoms with Gasteiger partial charge in [-0.25, -0.2) is 9.97 Å². The van der Waals surface area contributed by atoms with Crippen LogP contribution in [-0.4, -0.2) is 14.5 Å². The third kappa shape index (κ3) is 4.94. The van der Waals surface area contributed by atoms with Crippen LogP contribution in [0.25, 0.3) is 116 Å². The van der Waals surface area contributed by atoms with Gasteiger partial charge in [0.15, 0.2) is 5.82 Å². The largest absolute Gasteiger partial charge is 0.309 e. The molecule has 1 aliphatic rings. The van der Waals surface area contributed by atoms with Crippen LogP contribution >= 0.6 is 0 Å². The quantitative estimate of drug-likeness (QED) is 0.166. The van der Waals surface area contributed by atoms with Crippen LogP contribution < -0.4 is 0 Å². The van der Waals surface area contributed by atoms with Gasteiger partial charge in [0.1, 0.15) is 0 Å². The van der Waals surface area contributed by atoms with Gasteiger partial charge < -0.3 is 4.57 Å². The second-order valence-corrected chi connectivity index (χ2v) is 17.3. The minimum atomic E-state index is -0.199. The number of rotatable bonds is 4. The fourth-order valence-corrected chi connectivity index (χ4v) is 10.8. The molecule has 1 aliphatic carbocycles. The summed E-state index contributed by atoms with van der Waals surface area (Å²) >= 11 is 0. The predicted molar refractivity (Wildman–Crippen MR) is 260 cm³/mol. The Kier molecular flexibility index (Phi) is 7.36. The highest BCUT2D eigenvalue weighted by Crippen LogP contribution is 2.54. The minimum Gasteiger partial charge on any atom is -0.309 e. The average molecular weight is 790 g/mol. The fraction of sp³-hybridized carbons (Fsp3) is 0.0508. The molecule has 0 N–H and O–H groups in total. The maximum Gasteiger partial charge on any atom is 0.160 e. The normalized spacial score (nSPS) is 13.1. The molecule has 0 fully saturated rings. The van der Waals surface area contributed by atoms with Gasteiger partial charge in [-0.1, -0.05) is 184 Å². The summed E-state index contributed by atoms with van der Waals surface area (Å²) in [7, 11) is 0. The molecule has 0 spiro atoms. The van der Waals surface area contributed by atoms with Crippen molar-refractivity contribution >= 4 is 64.9 Å². The van der Waals surface area contributed by atoms with Crippen molar-refractivity contribution < 1.29 is 0 Å². The Labute approximate surface area is 359 Å². The molecule has 0 saturated heterocycles. The topological polar surface area (TPSA) is 30.7 Å². The van der Waals surface area contributed by atoms with Crippen LogP contribution in [0.4, 0.5) is 0 Å². The van der Waals surface area contributed by atoms with Crippen LogP contribution in [0.5, 0.6) is 0 Å². The van der Waals surface area contributed by atoms with E-state index in [1.807, 2.05) is 6.07 Å². The first kappa shape index (κ1) is 34.9. The molecule has 10 aromatic carbocycles. The highest BCUT2D eigenvalue weighted by molar-refractivity contribution is 6.31. The average Bonchev–Trinajstić information content (AvgIpc) is 3.78. The molecule has 13 rings (SSSR count). The molecule has 0 unspecified atom stereocenters. The second-order valence-electron chi connectivity index (χ2n) is 17.3. The van der Waals surface area contributed by atoms with E-state index in [4.69, 9.17) is 9.97 Å². The Hall–Kier alpha value is -7.88. The van der Waals surface area contributed by atoms with Crippen molar-refractivity contribution in [2.45, 2.75) is 19.3 Å². The number of para-hydroxylation sites is 1. The van der Waals surface area contributed by atoms with Gasteiger partial charge in [0.2, 0.25) is 0 Å². The zero-order chi connectivity index (χ0) is 41.1. The van der Waals surface area contributed by atoms with Crippen LogP contribution in [0.15, 0.2) is 200 Å². The van der Waals surface area contributed by atoms with E-state index in [9.17, 15) is 0 Å². The van der Waals surface area contributed by atoms with E-state index in [0.29, 0.717) is 5.82 Å². The molecule has 0 aliphatic heterocycles. The highest BCUT2D eigenvalue weighted by atomic mass is 15.0. The molecule has 2 aromatic heterocycles. The van der Waals surface area contributed by atoms with E-state index >= 15 is 0 Å². The summed E-state index contributed by atoms with van der Waals surface area (Å²) in [6, 6.07) is 72.9. The number of hydrogen-bond acceptors (Lipinski definition) is 2. The Morgan fingerprint density at radius 3 is 1.71 bits per heavy atom. The maximum absolute atomic E-state index is 5.41. The number of benzene rings is 10. The summed E-state index contributed by atoms with van der Waals surface area (Å²) in [5.74, 6) is 0.705. The molecule has 62 heavy (non-hydrogen) atoms. The lowest BCUT2D eigenvalue weighted by atomic mass is 9.80. The van der Waals surface area contributed by atoms with E-state index in [-0.39, 0.29) is 5.41 Å². The molecule has 0 bridgehead atoms. The van der Waals surface area contributed by atoms with Crippen LogP contribution in [0.3, 0.4) is 0 Å². The van der Waals surface area contributed by atoms with Crippen LogP contribution in [0.1, 0.15) is 25.0 Å². The SMILES string of the molecule is CC1(C)c2cc3c(cc2-c2ccc4ccccc4c21)c1ccccc1n3-c1ccc(-c2cc(-c3ccccc3)nc(-c3ccccc3)n2)c2c3ccccc3c3ccccc3c12. The maximum atomic E-state index is 5.41. The highest BCUT2D eigenvalue weighted by Gasteiger charge is 2.38. The first-order valence-corrected chi connectivity index (χ1v) is 21.5. The second kappa shape index (κ2) is 13.1. The zero-order valence-electron chi connectivity index (χ0n) is 34.4. The summed E-state index contributed by atoms with van der Waals surface area (Å²) in [6.07, 6.45) is 0. The zero-order valence-corrected chi connectivity index (χ0v) is 34.4.